The maximum absolute atomic E-state index is 11.8. The lowest BCUT2D eigenvalue weighted by atomic mass is 10.0. The number of likely N-dealkylation sites (tertiary alicyclic amines) is 1. The quantitative estimate of drug-likeness (QED) is 0.917. The van der Waals surface area contributed by atoms with Gasteiger partial charge in [0.2, 0.25) is 0 Å². The summed E-state index contributed by atoms with van der Waals surface area (Å²) in [5.41, 5.74) is 4.73. The third kappa shape index (κ3) is 2.76. The molecule has 1 N–H and O–H groups in total. The average molecular weight is 314 g/mol. The van der Waals surface area contributed by atoms with E-state index in [1.807, 2.05) is 13.0 Å². The highest BCUT2D eigenvalue weighted by Crippen LogP contribution is 2.31. The highest BCUT2D eigenvalue weighted by molar-refractivity contribution is 6.05. The van der Waals surface area contributed by atoms with Crippen LogP contribution in [0.15, 0.2) is 12.1 Å². The molecule has 0 saturated carbocycles. The molecule has 0 bridgehead atoms. The Labute approximate surface area is 137 Å². The molecule has 0 spiro atoms. The zero-order chi connectivity index (χ0) is 16.6. The molecule has 124 valence electrons. The van der Waals surface area contributed by atoms with Gasteiger partial charge in [-0.05, 0) is 64.3 Å². The molecule has 0 unspecified atom stereocenters. The second-order valence-electron chi connectivity index (χ2n) is 6.57. The van der Waals surface area contributed by atoms with E-state index in [0.717, 1.165) is 36.0 Å². The fourth-order valence-corrected chi connectivity index (χ4v) is 4.00. The summed E-state index contributed by atoms with van der Waals surface area (Å²) in [6.07, 6.45) is 3.60. The van der Waals surface area contributed by atoms with Gasteiger partial charge in [0.05, 0.1) is 11.1 Å². The molecular weight excluding hydrogens is 288 g/mol. The molecule has 1 aromatic carbocycles. The normalized spacial score (nSPS) is 15.6. The van der Waals surface area contributed by atoms with Crippen LogP contribution in [0.3, 0.4) is 0 Å². The molecule has 0 amide bonds. The lowest BCUT2D eigenvalue weighted by molar-refractivity contribution is 0.0698. The molecule has 4 heteroatoms. The predicted octanol–water partition coefficient (Wildman–Crippen LogP) is 3.61. The second kappa shape index (κ2) is 6.36. The largest absolute Gasteiger partial charge is 0.478 e. The monoisotopic (exact) mass is 314 g/mol. The maximum Gasteiger partial charge on any atom is 0.338 e. The topological polar surface area (TPSA) is 45.5 Å². The maximum atomic E-state index is 11.8. The lowest BCUT2D eigenvalue weighted by Gasteiger charge is -2.14. The summed E-state index contributed by atoms with van der Waals surface area (Å²) in [7, 11) is 0. The number of benzene rings is 1. The van der Waals surface area contributed by atoms with E-state index in [2.05, 4.69) is 29.4 Å². The Kier molecular flexibility index (Phi) is 4.44. The van der Waals surface area contributed by atoms with Crippen molar-refractivity contribution in [3.63, 3.8) is 0 Å². The van der Waals surface area contributed by atoms with Gasteiger partial charge in [0.1, 0.15) is 0 Å². The van der Waals surface area contributed by atoms with E-state index in [4.69, 9.17) is 0 Å². The van der Waals surface area contributed by atoms with E-state index in [0.29, 0.717) is 5.56 Å². The van der Waals surface area contributed by atoms with Crippen molar-refractivity contribution in [2.45, 2.75) is 46.6 Å². The van der Waals surface area contributed by atoms with E-state index >= 15 is 0 Å². The second-order valence-corrected chi connectivity index (χ2v) is 6.57. The summed E-state index contributed by atoms with van der Waals surface area (Å²) in [6.45, 7) is 10.4. The Morgan fingerprint density at radius 3 is 2.52 bits per heavy atom. The molecule has 0 radical (unpaired) electrons. The van der Waals surface area contributed by atoms with Crippen LogP contribution in [-0.2, 0) is 13.0 Å². The molecule has 1 aromatic heterocycles. The highest BCUT2D eigenvalue weighted by Gasteiger charge is 2.21. The minimum Gasteiger partial charge on any atom is -0.478 e. The van der Waals surface area contributed by atoms with Gasteiger partial charge in [-0.1, -0.05) is 12.1 Å². The van der Waals surface area contributed by atoms with Crippen LogP contribution in [0.25, 0.3) is 10.9 Å². The van der Waals surface area contributed by atoms with Crippen LogP contribution in [0, 0.1) is 13.8 Å². The van der Waals surface area contributed by atoms with Crippen LogP contribution < -0.4 is 0 Å². The number of hydrogen-bond acceptors (Lipinski definition) is 2. The Morgan fingerprint density at radius 2 is 1.91 bits per heavy atom. The molecule has 4 nitrogen and oxygen atoms in total. The zero-order valence-electron chi connectivity index (χ0n) is 14.4. The van der Waals surface area contributed by atoms with E-state index < -0.39 is 5.97 Å². The third-order valence-electron chi connectivity index (χ3n) is 5.23. The van der Waals surface area contributed by atoms with Crippen LogP contribution in [-0.4, -0.2) is 40.2 Å². The number of hydrogen-bond donors (Lipinski definition) is 1. The molecule has 1 aliphatic heterocycles. The number of aryl methyl sites for hydroxylation is 2. The van der Waals surface area contributed by atoms with Crippen LogP contribution in [0.4, 0.5) is 0 Å². The van der Waals surface area contributed by atoms with Gasteiger partial charge in [-0.25, -0.2) is 4.79 Å². The van der Waals surface area contributed by atoms with Crippen LogP contribution in [0.2, 0.25) is 0 Å². The van der Waals surface area contributed by atoms with Crippen molar-refractivity contribution < 1.29 is 9.90 Å². The first-order valence-electron chi connectivity index (χ1n) is 8.61. The van der Waals surface area contributed by atoms with Gasteiger partial charge in [-0.2, -0.15) is 0 Å². The molecule has 1 fully saturated rings. The summed E-state index contributed by atoms with van der Waals surface area (Å²) in [4.78, 5) is 14.3. The molecule has 0 aliphatic carbocycles. The van der Waals surface area contributed by atoms with Gasteiger partial charge >= 0.3 is 5.97 Å². The minimum absolute atomic E-state index is 0.458. The van der Waals surface area contributed by atoms with Crippen LogP contribution in [0.5, 0.6) is 0 Å². The number of rotatable bonds is 5. The third-order valence-corrected chi connectivity index (χ3v) is 5.23. The van der Waals surface area contributed by atoms with Gasteiger partial charge in [-0.3, -0.25) is 0 Å². The fourth-order valence-electron chi connectivity index (χ4n) is 4.00. The number of aromatic nitrogens is 1. The Bertz CT molecular complexity index is 740. The van der Waals surface area contributed by atoms with Gasteiger partial charge in [0.15, 0.2) is 0 Å². The molecule has 3 rings (SSSR count). The summed E-state index contributed by atoms with van der Waals surface area (Å²) in [6, 6.07) is 4.06. The van der Waals surface area contributed by atoms with E-state index in [-0.39, 0.29) is 0 Å². The molecule has 1 saturated heterocycles. The number of carboxylic acids is 1. The van der Waals surface area contributed by atoms with Gasteiger partial charge in [-0.15, -0.1) is 0 Å². The zero-order valence-corrected chi connectivity index (χ0v) is 14.4. The van der Waals surface area contributed by atoms with E-state index in [9.17, 15) is 9.90 Å². The summed E-state index contributed by atoms with van der Waals surface area (Å²) in [5.74, 6) is -0.827. The summed E-state index contributed by atoms with van der Waals surface area (Å²) < 4.78 is 2.17. The fraction of sp³-hybridized carbons (Fsp3) is 0.526. The van der Waals surface area contributed by atoms with Crippen molar-refractivity contribution in [3.8, 4) is 0 Å². The molecule has 2 heterocycles. The van der Waals surface area contributed by atoms with Crippen molar-refractivity contribution in [2.24, 2.45) is 0 Å². The standard InChI is InChI=1S/C19H26N2O2/c1-4-21-14(3)15(9-12-20-10-5-6-11-20)16-8-7-13(2)17(18(16)21)19(22)23/h7-8H,4-6,9-12H2,1-3H3,(H,22,23). The highest BCUT2D eigenvalue weighted by atomic mass is 16.4. The Hall–Kier alpha value is -1.81. The van der Waals surface area contributed by atoms with Crippen molar-refractivity contribution >= 4 is 16.9 Å². The first-order valence-corrected chi connectivity index (χ1v) is 8.61. The summed E-state index contributed by atoms with van der Waals surface area (Å²) >= 11 is 0. The molecule has 1 aliphatic rings. The number of nitrogens with zero attached hydrogens (tertiary/aromatic N) is 2. The van der Waals surface area contributed by atoms with Crippen LogP contribution >= 0.6 is 0 Å². The Morgan fingerprint density at radius 1 is 1.22 bits per heavy atom. The average Bonchev–Trinajstić information content (AvgIpc) is 3.10. The minimum atomic E-state index is -0.827. The van der Waals surface area contributed by atoms with Gasteiger partial charge < -0.3 is 14.6 Å². The smallest absolute Gasteiger partial charge is 0.338 e. The molecule has 0 atom stereocenters. The Balaban J connectivity index is 2.09. The van der Waals surface area contributed by atoms with Crippen molar-refractivity contribution in [3.05, 3.63) is 34.5 Å². The van der Waals surface area contributed by atoms with Crippen molar-refractivity contribution in [1.29, 1.82) is 0 Å². The number of carboxylic acid groups (broad SMARTS) is 1. The predicted molar refractivity (Wildman–Crippen MR) is 93.4 cm³/mol. The van der Waals surface area contributed by atoms with Crippen molar-refractivity contribution in [1.82, 2.24) is 9.47 Å². The first kappa shape index (κ1) is 16.1. The molecule has 23 heavy (non-hydrogen) atoms. The van der Waals surface area contributed by atoms with Gasteiger partial charge in [0, 0.05) is 24.2 Å². The van der Waals surface area contributed by atoms with E-state index in [1.165, 1.54) is 37.2 Å². The van der Waals surface area contributed by atoms with Crippen molar-refractivity contribution in [2.75, 3.05) is 19.6 Å². The molecular formula is C19H26N2O2. The number of aromatic carboxylic acids is 1. The van der Waals surface area contributed by atoms with E-state index in [1.54, 1.807) is 0 Å². The molecule has 2 aromatic rings. The number of carbonyl (C=O) groups is 1. The van der Waals surface area contributed by atoms with Crippen LogP contribution in [0.1, 0.15) is 46.9 Å². The lowest BCUT2D eigenvalue weighted by Crippen LogP contribution is -2.22. The SMILES string of the molecule is CCn1c(C)c(CCN2CCCC2)c2ccc(C)c(C(=O)O)c21. The summed E-state index contributed by atoms with van der Waals surface area (Å²) in [5, 5.41) is 10.8. The van der Waals surface area contributed by atoms with Gasteiger partial charge in [0.25, 0.3) is 0 Å². The first-order chi connectivity index (χ1) is 11.0. The number of fused-ring (bicyclic) bond motifs is 1.